The minimum atomic E-state index is 0.597. The summed E-state index contributed by atoms with van der Waals surface area (Å²) in [6.07, 6.45) is 1.53. The van der Waals surface area contributed by atoms with E-state index < -0.39 is 0 Å². The van der Waals surface area contributed by atoms with Crippen molar-refractivity contribution in [3.8, 4) is 11.6 Å². The summed E-state index contributed by atoms with van der Waals surface area (Å²) < 4.78 is 6.86. The van der Waals surface area contributed by atoms with E-state index in [1.54, 1.807) is 11.3 Å². The van der Waals surface area contributed by atoms with Crippen molar-refractivity contribution in [3.05, 3.63) is 77.9 Å². The topological polar surface area (TPSA) is 47.0 Å². The summed E-state index contributed by atoms with van der Waals surface area (Å²) >= 11 is 1.58. The van der Waals surface area contributed by atoms with Gasteiger partial charge < -0.3 is 10.1 Å². The van der Waals surface area contributed by atoms with E-state index in [-0.39, 0.29) is 0 Å². The van der Waals surface area contributed by atoms with Crippen LogP contribution in [0.5, 0.6) is 11.6 Å². The van der Waals surface area contributed by atoms with Gasteiger partial charge in [0.1, 0.15) is 16.8 Å². The van der Waals surface area contributed by atoms with E-state index in [1.165, 1.54) is 11.9 Å². The summed E-state index contributed by atoms with van der Waals surface area (Å²) in [6, 6.07) is 20.2. The fourth-order valence-corrected chi connectivity index (χ4v) is 3.16. The van der Waals surface area contributed by atoms with Crippen LogP contribution in [-0.4, -0.2) is 9.97 Å². The highest BCUT2D eigenvalue weighted by Crippen LogP contribution is 2.30. The number of thiophene rings is 1. The van der Waals surface area contributed by atoms with Gasteiger partial charge in [-0.1, -0.05) is 30.3 Å². The maximum absolute atomic E-state index is 5.90. The normalized spacial score (nSPS) is 10.7. The average Bonchev–Trinajstić information content (AvgIpc) is 3.12. The Balaban J connectivity index is 1.45. The first-order valence-electron chi connectivity index (χ1n) is 7.62. The quantitative estimate of drug-likeness (QED) is 0.552. The minimum absolute atomic E-state index is 0.597. The molecule has 2 heterocycles. The third kappa shape index (κ3) is 3.21. The molecule has 0 spiro atoms. The Kier molecular flexibility index (Phi) is 4.08. The summed E-state index contributed by atoms with van der Waals surface area (Å²) in [4.78, 5) is 8.45. The highest BCUT2D eigenvalue weighted by Gasteiger charge is 2.07. The number of ether oxygens (including phenoxy) is 1. The second kappa shape index (κ2) is 6.68. The van der Waals surface area contributed by atoms with Crippen molar-refractivity contribution >= 4 is 27.2 Å². The number of nitrogens with zero attached hydrogens (tertiary/aromatic N) is 2. The van der Waals surface area contributed by atoms with Gasteiger partial charge in [-0.15, -0.1) is 11.3 Å². The van der Waals surface area contributed by atoms with Gasteiger partial charge in [0.15, 0.2) is 0 Å². The van der Waals surface area contributed by atoms with Crippen LogP contribution in [0.15, 0.2) is 72.4 Å². The molecule has 0 bridgehead atoms. The molecule has 1 N–H and O–H groups in total. The molecule has 0 aliphatic heterocycles. The summed E-state index contributed by atoms with van der Waals surface area (Å²) in [5.41, 5.74) is 3.21. The zero-order chi connectivity index (χ0) is 16.2. The lowest BCUT2D eigenvalue weighted by Gasteiger charge is -2.08. The second-order valence-corrected chi connectivity index (χ2v) is 6.20. The van der Waals surface area contributed by atoms with Gasteiger partial charge in [0.2, 0.25) is 5.88 Å². The highest BCUT2D eigenvalue weighted by atomic mass is 32.1. The molecule has 2 aromatic heterocycles. The molecule has 0 aliphatic carbocycles. The third-order valence-corrected chi connectivity index (χ3v) is 4.51. The second-order valence-electron chi connectivity index (χ2n) is 5.28. The molecule has 4 rings (SSSR count). The lowest BCUT2D eigenvalue weighted by Crippen LogP contribution is -1.98. The van der Waals surface area contributed by atoms with Crippen LogP contribution < -0.4 is 10.1 Å². The number of benzene rings is 2. The number of anilines is 1. The molecule has 24 heavy (non-hydrogen) atoms. The number of hydrogen-bond acceptors (Lipinski definition) is 5. The summed E-state index contributed by atoms with van der Waals surface area (Å²) in [6.45, 7) is 0.794. The number of hydrogen-bond donors (Lipinski definition) is 1. The van der Waals surface area contributed by atoms with Crippen LogP contribution in [0.1, 0.15) is 5.56 Å². The fraction of sp³-hybridized carbons (Fsp3) is 0.0526. The SMILES string of the molecule is c1ccc(CNc2ccc(Oc3ncnc4ccsc34)cc2)cc1. The first kappa shape index (κ1) is 14.7. The molecule has 0 atom stereocenters. The third-order valence-electron chi connectivity index (χ3n) is 3.62. The van der Waals surface area contributed by atoms with Gasteiger partial charge >= 0.3 is 0 Å². The van der Waals surface area contributed by atoms with E-state index >= 15 is 0 Å². The molecule has 4 aromatic rings. The molecule has 0 aliphatic rings. The van der Waals surface area contributed by atoms with Crippen molar-refractivity contribution in [1.82, 2.24) is 9.97 Å². The Hall–Kier alpha value is -2.92. The molecule has 0 saturated heterocycles. The molecule has 4 nitrogen and oxygen atoms in total. The molecule has 0 amide bonds. The van der Waals surface area contributed by atoms with Crippen LogP contribution in [0, 0.1) is 0 Å². The molecule has 5 heteroatoms. The van der Waals surface area contributed by atoms with Gasteiger partial charge in [-0.3, -0.25) is 0 Å². The maximum atomic E-state index is 5.90. The van der Waals surface area contributed by atoms with E-state index in [0.717, 1.165) is 28.2 Å². The summed E-state index contributed by atoms with van der Waals surface area (Å²) in [5, 5.41) is 5.39. The molecule has 0 fully saturated rings. The van der Waals surface area contributed by atoms with Crippen molar-refractivity contribution in [2.75, 3.05) is 5.32 Å². The summed E-state index contributed by atoms with van der Waals surface area (Å²) in [5.74, 6) is 1.36. The zero-order valence-corrected chi connectivity index (χ0v) is 13.7. The van der Waals surface area contributed by atoms with Gasteiger partial charge in [0, 0.05) is 12.2 Å². The van der Waals surface area contributed by atoms with E-state index in [4.69, 9.17) is 4.74 Å². The number of rotatable bonds is 5. The molecule has 0 unspecified atom stereocenters. The Morgan fingerprint density at radius 2 is 1.75 bits per heavy atom. The largest absolute Gasteiger partial charge is 0.437 e. The van der Waals surface area contributed by atoms with Gasteiger partial charge in [0.05, 0.1) is 5.52 Å². The van der Waals surface area contributed by atoms with E-state index in [1.807, 2.05) is 53.9 Å². The van der Waals surface area contributed by atoms with Crippen LogP contribution in [0.2, 0.25) is 0 Å². The minimum Gasteiger partial charge on any atom is -0.437 e. The van der Waals surface area contributed by atoms with Gasteiger partial charge in [-0.2, -0.15) is 0 Å². The van der Waals surface area contributed by atoms with E-state index in [2.05, 4.69) is 27.4 Å². The predicted octanol–water partition coefficient (Wildman–Crippen LogP) is 5.10. The van der Waals surface area contributed by atoms with Crippen LogP contribution in [-0.2, 0) is 6.54 Å². The van der Waals surface area contributed by atoms with E-state index in [9.17, 15) is 0 Å². The monoisotopic (exact) mass is 333 g/mol. The molecule has 2 aromatic carbocycles. The van der Waals surface area contributed by atoms with Crippen molar-refractivity contribution in [2.24, 2.45) is 0 Å². The number of nitrogens with one attached hydrogen (secondary N) is 1. The fourth-order valence-electron chi connectivity index (χ4n) is 2.39. The number of aromatic nitrogens is 2. The van der Waals surface area contributed by atoms with Gasteiger partial charge in [-0.05, 0) is 41.3 Å². The smallest absolute Gasteiger partial charge is 0.240 e. The number of fused-ring (bicyclic) bond motifs is 1. The standard InChI is InChI=1S/C19H15N3OS/c1-2-4-14(5-3-1)12-20-15-6-8-16(9-7-15)23-19-18-17(10-11-24-18)21-13-22-19/h1-11,13,20H,12H2. The van der Waals surface area contributed by atoms with Crippen molar-refractivity contribution in [2.45, 2.75) is 6.54 Å². The first-order valence-corrected chi connectivity index (χ1v) is 8.50. The van der Waals surface area contributed by atoms with Crippen LogP contribution in [0.4, 0.5) is 5.69 Å². The van der Waals surface area contributed by atoms with Crippen LogP contribution >= 0.6 is 11.3 Å². The molecule has 0 saturated carbocycles. The highest BCUT2D eigenvalue weighted by molar-refractivity contribution is 7.17. The molecular formula is C19H15N3OS. The Labute approximate surface area is 143 Å². The lowest BCUT2D eigenvalue weighted by atomic mass is 10.2. The first-order chi connectivity index (χ1) is 11.9. The Morgan fingerprint density at radius 3 is 2.58 bits per heavy atom. The Morgan fingerprint density at radius 1 is 0.917 bits per heavy atom. The van der Waals surface area contributed by atoms with Crippen molar-refractivity contribution in [3.63, 3.8) is 0 Å². The Bertz CT molecular complexity index is 936. The predicted molar refractivity (Wildman–Crippen MR) is 97.7 cm³/mol. The van der Waals surface area contributed by atoms with Gasteiger partial charge in [-0.25, -0.2) is 9.97 Å². The van der Waals surface area contributed by atoms with E-state index in [0.29, 0.717) is 5.88 Å². The van der Waals surface area contributed by atoms with Crippen molar-refractivity contribution < 1.29 is 4.74 Å². The van der Waals surface area contributed by atoms with Crippen LogP contribution in [0.3, 0.4) is 0 Å². The van der Waals surface area contributed by atoms with Gasteiger partial charge in [0.25, 0.3) is 0 Å². The van der Waals surface area contributed by atoms with Crippen molar-refractivity contribution in [1.29, 1.82) is 0 Å². The summed E-state index contributed by atoms with van der Waals surface area (Å²) in [7, 11) is 0. The molecular weight excluding hydrogens is 318 g/mol. The average molecular weight is 333 g/mol. The molecule has 0 radical (unpaired) electrons. The molecule has 118 valence electrons. The maximum Gasteiger partial charge on any atom is 0.240 e. The van der Waals surface area contributed by atoms with Crippen LogP contribution in [0.25, 0.3) is 10.2 Å². The lowest BCUT2D eigenvalue weighted by molar-refractivity contribution is 0.469. The zero-order valence-electron chi connectivity index (χ0n) is 12.8.